The van der Waals surface area contributed by atoms with E-state index in [-0.39, 0.29) is 5.91 Å². The van der Waals surface area contributed by atoms with Gasteiger partial charge in [0.2, 0.25) is 0 Å². The van der Waals surface area contributed by atoms with Gasteiger partial charge >= 0.3 is 0 Å². The molecule has 0 aliphatic heterocycles. The summed E-state index contributed by atoms with van der Waals surface area (Å²) in [7, 11) is 4.03. The minimum absolute atomic E-state index is 0.146. The molecule has 1 N–H and O–H groups in total. The Morgan fingerprint density at radius 3 is 2.54 bits per heavy atom. The van der Waals surface area contributed by atoms with Crippen LogP contribution in [-0.4, -0.2) is 51.0 Å². The number of halogens is 1. The molecular formula is C20H25BrN6O. The van der Waals surface area contributed by atoms with Crippen molar-refractivity contribution in [1.29, 1.82) is 0 Å². The number of nitrogens with zero attached hydrogens (tertiary/aromatic N) is 5. The molecule has 148 valence electrons. The molecule has 0 saturated carbocycles. The Kier molecular flexibility index (Phi) is 6.31. The van der Waals surface area contributed by atoms with Gasteiger partial charge in [-0.3, -0.25) is 14.2 Å². The first kappa shape index (κ1) is 20.3. The summed E-state index contributed by atoms with van der Waals surface area (Å²) >= 11 is 3.55. The quantitative estimate of drug-likeness (QED) is 0.606. The van der Waals surface area contributed by atoms with E-state index in [4.69, 9.17) is 0 Å². The summed E-state index contributed by atoms with van der Waals surface area (Å²) in [6.07, 6.45) is 3.51. The minimum atomic E-state index is -0.146. The van der Waals surface area contributed by atoms with Crippen LogP contribution in [0.15, 0.2) is 41.1 Å². The Bertz CT molecular complexity index is 958. The molecule has 0 unspecified atom stereocenters. The Morgan fingerprint density at radius 1 is 1.21 bits per heavy atom. The third kappa shape index (κ3) is 4.88. The molecule has 7 nitrogen and oxygen atoms in total. The lowest BCUT2D eigenvalue weighted by Gasteiger charge is -2.08. The fraction of sp³-hybridized carbons (Fsp3) is 0.350. The van der Waals surface area contributed by atoms with Crippen molar-refractivity contribution in [3.63, 3.8) is 0 Å². The number of likely N-dealkylation sites (N-methyl/N-ethyl adjacent to an activating group) is 1. The molecule has 2 heterocycles. The minimum Gasteiger partial charge on any atom is -0.319 e. The molecule has 8 heteroatoms. The zero-order valence-electron chi connectivity index (χ0n) is 16.6. The number of amides is 1. The molecule has 1 aromatic carbocycles. The smallest absolute Gasteiger partial charge is 0.255 e. The van der Waals surface area contributed by atoms with E-state index in [0.717, 1.165) is 34.5 Å². The van der Waals surface area contributed by atoms with Gasteiger partial charge in [-0.15, -0.1) is 0 Å². The molecule has 3 rings (SSSR count). The molecular weight excluding hydrogens is 420 g/mol. The van der Waals surface area contributed by atoms with Crippen molar-refractivity contribution in [3.05, 3.63) is 63.6 Å². The van der Waals surface area contributed by atoms with E-state index >= 15 is 0 Å². The Labute approximate surface area is 173 Å². The number of anilines is 1. The van der Waals surface area contributed by atoms with Gasteiger partial charge in [0.15, 0.2) is 0 Å². The van der Waals surface area contributed by atoms with Crippen molar-refractivity contribution in [2.75, 3.05) is 26.0 Å². The van der Waals surface area contributed by atoms with E-state index < -0.39 is 0 Å². The molecule has 3 aromatic rings. The summed E-state index contributed by atoms with van der Waals surface area (Å²) in [5.74, 6) is -0.146. The first-order chi connectivity index (χ1) is 13.3. The summed E-state index contributed by atoms with van der Waals surface area (Å²) in [6, 6.07) is 7.59. The van der Waals surface area contributed by atoms with Crippen molar-refractivity contribution >= 4 is 27.5 Å². The molecule has 0 spiro atoms. The average molecular weight is 445 g/mol. The third-order valence-corrected chi connectivity index (χ3v) is 5.66. The van der Waals surface area contributed by atoms with Crippen molar-refractivity contribution in [2.24, 2.45) is 0 Å². The monoisotopic (exact) mass is 444 g/mol. The van der Waals surface area contributed by atoms with Crippen molar-refractivity contribution < 1.29 is 4.79 Å². The maximum atomic E-state index is 12.5. The Hall–Kier alpha value is -2.45. The van der Waals surface area contributed by atoms with Gasteiger partial charge in [0.05, 0.1) is 40.8 Å². The predicted molar refractivity (Wildman–Crippen MR) is 114 cm³/mol. The van der Waals surface area contributed by atoms with Crippen LogP contribution in [0.4, 0.5) is 5.69 Å². The van der Waals surface area contributed by atoms with Crippen LogP contribution in [0.2, 0.25) is 0 Å². The Balaban J connectivity index is 1.61. The van der Waals surface area contributed by atoms with Crippen LogP contribution in [-0.2, 0) is 13.1 Å². The standard InChI is InChI=1S/C20H25BrN6O/c1-14-19(21)15(2)27(24-14)12-16-5-7-17(8-6-16)20(28)23-18-11-22-26(13-18)10-9-25(3)4/h5-8,11,13H,9-10,12H2,1-4H3,(H,23,28). The lowest BCUT2D eigenvalue weighted by Crippen LogP contribution is -2.18. The second-order valence-corrected chi connectivity index (χ2v) is 7.88. The summed E-state index contributed by atoms with van der Waals surface area (Å²) in [4.78, 5) is 14.6. The number of carbonyl (C=O) groups excluding carboxylic acids is 1. The van der Waals surface area contributed by atoms with Crippen molar-refractivity contribution in [2.45, 2.75) is 26.9 Å². The topological polar surface area (TPSA) is 68.0 Å². The highest BCUT2D eigenvalue weighted by Gasteiger charge is 2.11. The zero-order valence-corrected chi connectivity index (χ0v) is 18.2. The van der Waals surface area contributed by atoms with Gasteiger partial charge < -0.3 is 10.2 Å². The molecule has 0 bridgehead atoms. The molecule has 0 fully saturated rings. The van der Waals surface area contributed by atoms with Crippen LogP contribution in [0, 0.1) is 13.8 Å². The molecule has 0 aliphatic carbocycles. The number of carbonyl (C=O) groups is 1. The normalized spacial score (nSPS) is 11.2. The molecule has 0 atom stereocenters. The van der Waals surface area contributed by atoms with E-state index in [2.05, 4.69) is 36.3 Å². The highest BCUT2D eigenvalue weighted by atomic mass is 79.9. The van der Waals surface area contributed by atoms with Crippen LogP contribution < -0.4 is 5.32 Å². The van der Waals surface area contributed by atoms with Crippen LogP contribution in [0.3, 0.4) is 0 Å². The summed E-state index contributed by atoms with van der Waals surface area (Å²) in [5.41, 5.74) is 4.45. The van der Waals surface area contributed by atoms with Crippen LogP contribution in [0.1, 0.15) is 27.3 Å². The van der Waals surface area contributed by atoms with Gasteiger partial charge in [-0.05, 0) is 61.6 Å². The highest BCUT2D eigenvalue weighted by Crippen LogP contribution is 2.20. The number of rotatable bonds is 7. The molecule has 1 amide bonds. The first-order valence-electron chi connectivity index (χ1n) is 9.10. The van der Waals surface area contributed by atoms with Gasteiger partial charge in [0, 0.05) is 18.3 Å². The first-order valence-corrected chi connectivity index (χ1v) is 9.90. The summed E-state index contributed by atoms with van der Waals surface area (Å²) < 4.78 is 4.82. The maximum absolute atomic E-state index is 12.5. The summed E-state index contributed by atoms with van der Waals surface area (Å²) in [6.45, 7) is 6.34. The molecule has 28 heavy (non-hydrogen) atoms. The average Bonchev–Trinajstić information content (AvgIpc) is 3.21. The number of hydrogen-bond donors (Lipinski definition) is 1. The van der Waals surface area contributed by atoms with Gasteiger partial charge in [-0.2, -0.15) is 10.2 Å². The molecule has 0 radical (unpaired) electrons. The zero-order chi connectivity index (χ0) is 20.3. The van der Waals surface area contributed by atoms with E-state index in [9.17, 15) is 4.79 Å². The van der Waals surface area contributed by atoms with Gasteiger partial charge in [-0.1, -0.05) is 12.1 Å². The molecule has 2 aromatic heterocycles. The van der Waals surface area contributed by atoms with E-state index in [1.807, 2.05) is 67.8 Å². The van der Waals surface area contributed by atoms with Gasteiger partial charge in [0.1, 0.15) is 0 Å². The SMILES string of the molecule is Cc1nn(Cc2ccc(C(=O)Nc3cnn(CCN(C)C)c3)cc2)c(C)c1Br. The number of aryl methyl sites for hydroxylation is 1. The van der Waals surface area contributed by atoms with Crippen molar-refractivity contribution in [1.82, 2.24) is 24.5 Å². The fourth-order valence-electron chi connectivity index (χ4n) is 2.82. The second kappa shape index (κ2) is 8.70. The van der Waals surface area contributed by atoms with Crippen LogP contribution in [0.25, 0.3) is 0 Å². The maximum Gasteiger partial charge on any atom is 0.255 e. The van der Waals surface area contributed by atoms with E-state index in [1.165, 1.54) is 0 Å². The lowest BCUT2D eigenvalue weighted by atomic mass is 10.1. The Morgan fingerprint density at radius 2 is 1.93 bits per heavy atom. The van der Waals surface area contributed by atoms with Crippen molar-refractivity contribution in [3.8, 4) is 0 Å². The third-order valence-electron chi connectivity index (χ3n) is 4.51. The number of nitrogens with one attached hydrogen (secondary N) is 1. The molecule has 0 aliphatic rings. The van der Waals surface area contributed by atoms with Crippen LogP contribution in [0.5, 0.6) is 0 Å². The fourth-order valence-corrected chi connectivity index (χ4v) is 3.10. The largest absolute Gasteiger partial charge is 0.319 e. The number of aromatic nitrogens is 4. The van der Waals surface area contributed by atoms with Crippen LogP contribution >= 0.6 is 15.9 Å². The summed E-state index contributed by atoms with van der Waals surface area (Å²) in [5, 5.41) is 11.7. The number of hydrogen-bond acceptors (Lipinski definition) is 4. The lowest BCUT2D eigenvalue weighted by molar-refractivity contribution is 0.102. The molecule has 0 saturated heterocycles. The van der Waals surface area contributed by atoms with E-state index in [0.29, 0.717) is 17.8 Å². The highest BCUT2D eigenvalue weighted by molar-refractivity contribution is 9.10. The van der Waals surface area contributed by atoms with Gasteiger partial charge in [-0.25, -0.2) is 0 Å². The van der Waals surface area contributed by atoms with E-state index in [1.54, 1.807) is 6.20 Å². The number of benzene rings is 1. The van der Waals surface area contributed by atoms with Gasteiger partial charge in [0.25, 0.3) is 5.91 Å². The predicted octanol–water partition coefficient (Wildman–Crippen LogP) is 3.32. The second-order valence-electron chi connectivity index (χ2n) is 7.09.